The molecule has 0 fully saturated rings. The first-order chi connectivity index (χ1) is 15.6. The molecule has 1 aliphatic heterocycles. The lowest BCUT2D eigenvalue weighted by Crippen LogP contribution is -2.35. The Kier molecular flexibility index (Phi) is 5.98. The van der Waals surface area contributed by atoms with Gasteiger partial charge in [-0.2, -0.15) is 0 Å². The third-order valence-corrected chi connectivity index (χ3v) is 9.03. The molecule has 7 nitrogen and oxygen atoms in total. The number of benzene rings is 3. The van der Waals surface area contributed by atoms with E-state index >= 15 is 0 Å². The quantitative estimate of drug-likeness (QED) is 0.508. The number of rotatable bonds is 5. The molecule has 172 valence electrons. The second-order valence-electron chi connectivity index (χ2n) is 7.44. The molecule has 0 N–H and O–H groups in total. The molecule has 0 atom stereocenters. The number of ether oxygens (including phenoxy) is 1. The van der Waals surface area contributed by atoms with Gasteiger partial charge in [-0.15, -0.1) is 0 Å². The van der Waals surface area contributed by atoms with E-state index in [1.54, 1.807) is 6.07 Å². The molecule has 0 saturated heterocycles. The van der Waals surface area contributed by atoms with Crippen LogP contribution in [0.1, 0.15) is 22.3 Å². The van der Waals surface area contributed by atoms with E-state index in [-0.39, 0.29) is 32.5 Å². The van der Waals surface area contributed by atoms with Crippen LogP contribution >= 0.6 is 0 Å². The lowest BCUT2D eigenvalue weighted by atomic mass is 10.0. The lowest BCUT2D eigenvalue weighted by Gasteiger charge is -2.31. The van der Waals surface area contributed by atoms with Gasteiger partial charge in [-0.25, -0.2) is 26.0 Å². The summed E-state index contributed by atoms with van der Waals surface area (Å²) in [5.74, 6) is -1.14. The molecule has 0 aliphatic carbocycles. The van der Waals surface area contributed by atoms with Crippen molar-refractivity contribution < 1.29 is 30.8 Å². The van der Waals surface area contributed by atoms with Crippen LogP contribution in [-0.4, -0.2) is 36.5 Å². The summed E-state index contributed by atoms with van der Waals surface area (Å²) in [6.45, 7) is 0.171. The number of nitrogens with zero attached hydrogens (tertiary/aromatic N) is 1. The first kappa shape index (κ1) is 22.9. The van der Waals surface area contributed by atoms with E-state index in [1.165, 1.54) is 59.9 Å². The van der Waals surface area contributed by atoms with Crippen LogP contribution in [0.2, 0.25) is 0 Å². The summed E-state index contributed by atoms with van der Waals surface area (Å²) in [4.78, 5) is 11.4. The Bertz CT molecular complexity index is 1420. The summed E-state index contributed by atoms with van der Waals surface area (Å²) in [7, 11) is -6.77. The Hall–Kier alpha value is -3.24. The number of fused-ring (bicyclic) bond motifs is 1. The number of carbonyl (C=O) groups is 1. The Labute approximate surface area is 191 Å². The molecule has 0 saturated carbocycles. The Morgan fingerprint density at radius 2 is 1.48 bits per heavy atom. The molecule has 0 spiro atoms. The number of halogens is 1. The van der Waals surface area contributed by atoms with Gasteiger partial charge in [0.15, 0.2) is 0 Å². The van der Waals surface area contributed by atoms with Gasteiger partial charge in [0.05, 0.1) is 33.0 Å². The normalized spacial score (nSPS) is 13.9. The third-order valence-electron chi connectivity index (χ3n) is 5.43. The van der Waals surface area contributed by atoms with Crippen LogP contribution in [0, 0.1) is 5.82 Å². The average molecular weight is 490 g/mol. The highest BCUT2D eigenvalue weighted by molar-refractivity contribution is 7.93. The first-order valence-corrected chi connectivity index (χ1v) is 12.9. The molecule has 1 aliphatic rings. The minimum atomic E-state index is -4.02. The molecule has 10 heteroatoms. The van der Waals surface area contributed by atoms with Crippen molar-refractivity contribution in [2.24, 2.45) is 0 Å². The van der Waals surface area contributed by atoms with Crippen molar-refractivity contribution in [3.8, 4) is 0 Å². The standard InChI is InChI=1S/C23H20FNO6S2/c1-31-23(26)17-5-9-19(10-6-17)32(27,28)21-11-4-16-3-2-14-25(22(16)15-21)33(29,30)20-12-7-18(24)8-13-20/h4-13,15H,2-3,14H2,1H3. The highest BCUT2D eigenvalue weighted by Gasteiger charge is 2.31. The van der Waals surface area contributed by atoms with Crippen LogP contribution in [0.5, 0.6) is 0 Å². The van der Waals surface area contributed by atoms with Crippen molar-refractivity contribution in [3.05, 3.63) is 83.7 Å². The fraction of sp³-hybridized carbons (Fsp3) is 0.174. The number of carbonyl (C=O) groups excluding carboxylic acids is 1. The number of hydrogen-bond donors (Lipinski definition) is 0. The van der Waals surface area contributed by atoms with Crippen molar-refractivity contribution in [2.45, 2.75) is 27.5 Å². The summed E-state index contributed by atoms with van der Waals surface area (Å²) in [6.07, 6.45) is 1.16. The van der Waals surface area contributed by atoms with Crippen molar-refractivity contribution in [1.82, 2.24) is 0 Å². The van der Waals surface area contributed by atoms with Crippen molar-refractivity contribution in [2.75, 3.05) is 18.0 Å². The number of sulfonamides is 1. The van der Waals surface area contributed by atoms with Crippen molar-refractivity contribution >= 4 is 31.5 Å². The summed E-state index contributed by atoms with van der Waals surface area (Å²) in [5, 5.41) is 0. The SMILES string of the molecule is COC(=O)c1ccc(S(=O)(=O)c2ccc3c(c2)N(S(=O)(=O)c2ccc(F)cc2)CCC3)cc1. The minimum absolute atomic E-state index is 0.0427. The molecule has 3 aromatic rings. The number of hydrogen-bond acceptors (Lipinski definition) is 6. The van der Waals surface area contributed by atoms with Crippen LogP contribution in [0.25, 0.3) is 0 Å². The van der Waals surface area contributed by atoms with Gasteiger partial charge in [0.2, 0.25) is 9.84 Å². The molecule has 0 aromatic heterocycles. The first-order valence-electron chi connectivity index (χ1n) is 9.99. The van der Waals surface area contributed by atoms with Gasteiger partial charge in [-0.3, -0.25) is 4.31 Å². The second-order valence-corrected chi connectivity index (χ2v) is 11.3. The number of sulfone groups is 1. The van der Waals surface area contributed by atoms with Gasteiger partial charge >= 0.3 is 5.97 Å². The number of esters is 1. The van der Waals surface area contributed by atoms with E-state index in [4.69, 9.17) is 0 Å². The van der Waals surface area contributed by atoms with Crippen LogP contribution < -0.4 is 4.31 Å². The molecule has 4 rings (SSSR count). The van der Waals surface area contributed by atoms with Crippen LogP contribution in [0.3, 0.4) is 0 Å². The largest absolute Gasteiger partial charge is 0.465 e. The smallest absolute Gasteiger partial charge is 0.337 e. The van der Waals surface area contributed by atoms with Crippen molar-refractivity contribution in [3.63, 3.8) is 0 Å². The number of aryl methyl sites for hydroxylation is 1. The monoisotopic (exact) mass is 489 g/mol. The van der Waals surface area contributed by atoms with Gasteiger partial charge in [-0.1, -0.05) is 6.07 Å². The van der Waals surface area contributed by atoms with E-state index in [9.17, 15) is 26.0 Å². The zero-order valence-electron chi connectivity index (χ0n) is 17.6. The van der Waals surface area contributed by atoms with Crippen LogP contribution in [-0.2, 0) is 31.0 Å². The fourth-order valence-corrected chi connectivity index (χ4v) is 6.51. The predicted molar refractivity (Wildman–Crippen MR) is 119 cm³/mol. The summed E-state index contributed by atoms with van der Waals surface area (Å²) >= 11 is 0. The number of anilines is 1. The van der Waals surface area contributed by atoms with Gasteiger partial charge in [0.25, 0.3) is 10.0 Å². The van der Waals surface area contributed by atoms with E-state index in [0.29, 0.717) is 18.4 Å². The zero-order chi connectivity index (χ0) is 23.8. The topological polar surface area (TPSA) is 97.8 Å². The summed E-state index contributed by atoms with van der Waals surface area (Å²) in [5.41, 5.74) is 1.18. The van der Waals surface area contributed by atoms with Crippen LogP contribution in [0.15, 0.2) is 81.4 Å². The molecule has 0 amide bonds. The molecule has 0 unspecified atom stereocenters. The molecular weight excluding hydrogens is 469 g/mol. The highest BCUT2D eigenvalue weighted by Crippen LogP contribution is 2.35. The molecule has 33 heavy (non-hydrogen) atoms. The second kappa shape index (κ2) is 8.60. The predicted octanol–water partition coefficient (Wildman–Crippen LogP) is 3.59. The Balaban J connectivity index is 1.75. The van der Waals surface area contributed by atoms with E-state index in [1.807, 2.05) is 0 Å². The summed E-state index contributed by atoms with van der Waals surface area (Å²) in [6, 6.07) is 14.2. The van der Waals surface area contributed by atoms with Crippen LogP contribution in [0.4, 0.5) is 10.1 Å². The molecule has 3 aromatic carbocycles. The molecule has 1 heterocycles. The fourth-order valence-electron chi connectivity index (χ4n) is 3.70. The number of methoxy groups -OCH3 is 1. The van der Waals surface area contributed by atoms with Crippen molar-refractivity contribution in [1.29, 1.82) is 0 Å². The van der Waals surface area contributed by atoms with Gasteiger partial charge in [-0.05, 0) is 79.1 Å². The molecule has 0 bridgehead atoms. The maximum atomic E-state index is 13.3. The Morgan fingerprint density at radius 3 is 2.12 bits per heavy atom. The van der Waals surface area contributed by atoms with E-state index < -0.39 is 31.6 Å². The third kappa shape index (κ3) is 4.23. The lowest BCUT2D eigenvalue weighted by molar-refractivity contribution is 0.0600. The Morgan fingerprint density at radius 1 is 0.879 bits per heavy atom. The summed E-state index contributed by atoms with van der Waals surface area (Å²) < 4.78 is 72.0. The average Bonchev–Trinajstić information content (AvgIpc) is 2.83. The highest BCUT2D eigenvalue weighted by atomic mass is 32.2. The molecular formula is C23H20FNO6S2. The maximum Gasteiger partial charge on any atom is 0.337 e. The van der Waals surface area contributed by atoms with E-state index in [2.05, 4.69) is 4.74 Å². The van der Waals surface area contributed by atoms with Gasteiger partial charge < -0.3 is 4.74 Å². The molecule has 0 radical (unpaired) electrons. The van der Waals surface area contributed by atoms with E-state index in [0.717, 1.165) is 12.1 Å². The zero-order valence-corrected chi connectivity index (χ0v) is 19.2. The van der Waals surface area contributed by atoms with Gasteiger partial charge in [0, 0.05) is 6.54 Å². The minimum Gasteiger partial charge on any atom is -0.465 e. The maximum absolute atomic E-state index is 13.3. The van der Waals surface area contributed by atoms with Gasteiger partial charge in [0.1, 0.15) is 5.82 Å².